The summed E-state index contributed by atoms with van der Waals surface area (Å²) >= 11 is 0. The lowest BCUT2D eigenvalue weighted by Crippen LogP contribution is -2.24. The smallest absolute Gasteiger partial charge is 0.0783 e. The van der Waals surface area contributed by atoms with Gasteiger partial charge in [-0.15, -0.1) is 6.58 Å². The summed E-state index contributed by atoms with van der Waals surface area (Å²) < 4.78 is 0. The second-order valence-electron chi connectivity index (χ2n) is 18.2. The van der Waals surface area contributed by atoms with Gasteiger partial charge >= 0.3 is 0 Å². The highest BCUT2D eigenvalue weighted by Gasteiger charge is 2.32. The van der Waals surface area contributed by atoms with Gasteiger partial charge in [0.05, 0.1) is 6.04 Å². The van der Waals surface area contributed by atoms with E-state index in [0.717, 1.165) is 63.7 Å². The summed E-state index contributed by atoms with van der Waals surface area (Å²) in [7, 11) is 0. The van der Waals surface area contributed by atoms with Crippen LogP contribution in [0.5, 0.6) is 0 Å². The van der Waals surface area contributed by atoms with Crippen LogP contribution < -0.4 is 0 Å². The van der Waals surface area contributed by atoms with Crippen LogP contribution in [0.4, 0.5) is 0 Å². The molecular weight excluding hydrogens is 711 g/mol. The van der Waals surface area contributed by atoms with Crippen molar-refractivity contribution in [1.82, 2.24) is 0 Å². The molecule has 0 aromatic heterocycles. The Kier molecular flexibility index (Phi) is 13.6. The Hall–Kier alpha value is -4.75. The third kappa shape index (κ3) is 9.67. The van der Waals surface area contributed by atoms with Gasteiger partial charge in [-0.2, -0.15) is 0 Å². The van der Waals surface area contributed by atoms with Gasteiger partial charge in [0, 0.05) is 29.4 Å². The number of benzene rings is 1. The molecule has 0 saturated carbocycles. The van der Waals surface area contributed by atoms with E-state index in [9.17, 15) is 0 Å². The molecule has 0 saturated heterocycles. The van der Waals surface area contributed by atoms with Crippen LogP contribution in [-0.2, 0) is 0 Å². The van der Waals surface area contributed by atoms with Crippen molar-refractivity contribution in [3.8, 4) is 0 Å². The van der Waals surface area contributed by atoms with Gasteiger partial charge in [0.25, 0.3) is 0 Å². The second-order valence-corrected chi connectivity index (χ2v) is 18.2. The molecule has 7 unspecified atom stereocenters. The van der Waals surface area contributed by atoms with E-state index in [4.69, 9.17) is 11.6 Å². The van der Waals surface area contributed by atoms with Crippen LogP contribution in [0, 0.1) is 23.7 Å². The predicted molar refractivity (Wildman–Crippen MR) is 255 cm³/mol. The maximum Gasteiger partial charge on any atom is 0.0783 e. The minimum Gasteiger partial charge on any atom is -0.280 e. The largest absolute Gasteiger partial charge is 0.280 e. The highest BCUT2D eigenvalue weighted by atomic mass is 14.8. The average molecular weight is 778 g/mol. The Morgan fingerprint density at radius 2 is 1.63 bits per heavy atom. The molecule has 0 spiro atoms. The lowest BCUT2D eigenvalue weighted by molar-refractivity contribution is 0.501. The minimum atomic E-state index is 0.108. The fourth-order valence-electron chi connectivity index (χ4n) is 10.9. The molecular formula is C58H67N. The number of rotatable bonds is 13. The van der Waals surface area contributed by atoms with E-state index >= 15 is 0 Å². The minimum absolute atomic E-state index is 0.108. The molecule has 1 aromatic carbocycles. The normalized spacial score (nSPS) is 28.1. The van der Waals surface area contributed by atoms with Crippen LogP contribution >= 0.6 is 0 Å². The summed E-state index contributed by atoms with van der Waals surface area (Å²) in [6, 6.07) is 9.79. The molecule has 0 amide bonds. The number of aliphatic imine (C=N–C) groups is 1. The highest BCUT2D eigenvalue weighted by molar-refractivity contribution is 6.03. The molecule has 0 fully saturated rings. The summed E-state index contributed by atoms with van der Waals surface area (Å²) in [5, 5.41) is 0. The van der Waals surface area contributed by atoms with Crippen molar-refractivity contribution in [3.63, 3.8) is 0 Å². The molecule has 7 aliphatic carbocycles. The zero-order chi connectivity index (χ0) is 40.6. The number of nitrogens with zero attached hydrogens (tertiary/aromatic N) is 1. The molecule has 0 heterocycles. The molecule has 8 rings (SSSR count). The topological polar surface area (TPSA) is 12.4 Å². The summed E-state index contributed by atoms with van der Waals surface area (Å²) in [6.07, 6.45) is 56.9. The van der Waals surface area contributed by atoms with Gasteiger partial charge in [0.2, 0.25) is 0 Å². The molecule has 59 heavy (non-hydrogen) atoms. The monoisotopic (exact) mass is 778 g/mol. The van der Waals surface area contributed by atoms with Crippen molar-refractivity contribution in [2.24, 2.45) is 28.7 Å². The van der Waals surface area contributed by atoms with Crippen LogP contribution in [0.15, 0.2) is 197 Å². The zero-order valence-corrected chi connectivity index (χ0v) is 35.8. The average Bonchev–Trinajstić information content (AvgIpc) is 3.31. The SMILES string of the molecule is C=CCC(N=C(C(=C)C(C)C1=CC=C(C2=CC=CC(c3ccc(C4CC=CC(=C)C4C4=CC=C(C5CC=CCC5)CC4)cc3)C2)CC1)C1C=CCCC1)C1=CCCC=C1. The van der Waals surface area contributed by atoms with Crippen LogP contribution in [0.3, 0.4) is 0 Å². The van der Waals surface area contributed by atoms with E-state index < -0.39 is 0 Å². The van der Waals surface area contributed by atoms with Crippen molar-refractivity contribution in [1.29, 1.82) is 0 Å². The first-order valence-corrected chi connectivity index (χ1v) is 23.1. The first-order chi connectivity index (χ1) is 29.0. The van der Waals surface area contributed by atoms with Gasteiger partial charge in [-0.3, -0.25) is 4.99 Å². The van der Waals surface area contributed by atoms with E-state index in [2.05, 4.69) is 142 Å². The third-order valence-corrected chi connectivity index (χ3v) is 14.5. The standard InChI is InChI=1S/C58H67N/c1-5-17-56(50-21-11-7-12-22-50)59-58(52-23-13-8-14-24-52)43(4)42(3)44-28-30-47(31-29-44)53-25-16-26-54(40-53)48-32-36-49(37-33-48)55-27-15-18-41(2)57(55)51-38-34-46(35-39-51)45-19-9-6-10-20-45/h5-6,9,11,13,15-16,18,21-23,25-26,28,30,32-34,36-38,42,45,52,54-57H,1-2,4,7-8,10,12,14,17,19-20,24,27,29,31,35,39-40H2,3H3. The Bertz CT molecular complexity index is 2140. The highest BCUT2D eigenvalue weighted by Crippen LogP contribution is 2.46. The second kappa shape index (κ2) is 19.5. The molecule has 7 aliphatic rings. The molecule has 0 N–H and O–H groups in total. The number of hydrogen-bond acceptors (Lipinski definition) is 1. The van der Waals surface area contributed by atoms with E-state index in [1.165, 1.54) is 88.8 Å². The zero-order valence-electron chi connectivity index (χ0n) is 35.8. The molecule has 0 aliphatic heterocycles. The number of allylic oxidation sites excluding steroid dienone is 22. The fraction of sp³-hybridized carbons (Fsp3) is 0.397. The van der Waals surface area contributed by atoms with Gasteiger partial charge in [0.1, 0.15) is 0 Å². The summed E-state index contributed by atoms with van der Waals surface area (Å²) in [5.74, 6) is 2.57. The van der Waals surface area contributed by atoms with E-state index in [0.29, 0.717) is 23.7 Å². The molecule has 1 nitrogen and oxygen atoms in total. The van der Waals surface area contributed by atoms with Crippen LogP contribution in [0.2, 0.25) is 0 Å². The molecule has 304 valence electrons. The Morgan fingerprint density at radius 1 is 0.780 bits per heavy atom. The van der Waals surface area contributed by atoms with Crippen molar-refractivity contribution in [2.45, 2.75) is 121 Å². The molecule has 0 bridgehead atoms. The summed E-state index contributed by atoms with van der Waals surface area (Å²) in [5.41, 5.74) is 15.5. The first kappa shape index (κ1) is 41.0. The van der Waals surface area contributed by atoms with Crippen LogP contribution in [0.1, 0.15) is 126 Å². The fourth-order valence-corrected chi connectivity index (χ4v) is 10.9. The maximum absolute atomic E-state index is 5.53. The molecule has 1 heteroatoms. The lowest BCUT2D eigenvalue weighted by Gasteiger charge is -2.35. The van der Waals surface area contributed by atoms with E-state index in [1.807, 2.05) is 6.08 Å². The molecule has 7 atom stereocenters. The van der Waals surface area contributed by atoms with Crippen molar-refractivity contribution >= 4 is 5.71 Å². The van der Waals surface area contributed by atoms with Gasteiger partial charge in [0.15, 0.2) is 0 Å². The van der Waals surface area contributed by atoms with Gasteiger partial charge in [-0.25, -0.2) is 0 Å². The number of hydrogen-bond donors (Lipinski definition) is 0. The van der Waals surface area contributed by atoms with E-state index in [1.54, 1.807) is 11.1 Å². The molecule has 0 radical (unpaired) electrons. The van der Waals surface area contributed by atoms with Gasteiger partial charge < -0.3 is 0 Å². The molecule has 1 aromatic rings. The Balaban J connectivity index is 0.937. The van der Waals surface area contributed by atoms with Crippen molar-refractivity contribution in [2.75, 3.05) is 0 Å². The maximum atomic E-state index is 5.53. The quantitative estimate of drug-likeness (QED) is 0.140. The first-order valence-electron chi connectivity index (χ1n) is 23.1. The van der Waals surface area contributed by atoms with Crippen LogP contribution in [-0.4, -0.2) is 11.8 Å². The predicted octanol–water partition coefficient (Wildman–Crippen LogP) is 15.7. The third-order valence-electron chi connectivity index (χ3n) is 14.5. The Morgan fingerprint density at radius 3 is 2.34 bits per heavy atom. The van der Waals surface area contributed by atoms with Crippen molar-refractivity contribution in [3.05, 3.63) is 203 Å². The van der Waals surface area contributed by atoms with Crippen molar-refractivity contribution < 1.29 is 0 Å². The van der Waals surface area contributed by atoms with Gasteiger partial charge in [-0.1, -0.05) is 164 Å². The Labute approximate surface area is 357 Å². The van der Waals surface area contributed by atoms with E-state index in [-0.39, 0.29) is 12.0 Å². The summed E-state index contributed by atoms with van der Waals surface area (Å²) in [4.78, 5) is 5.53. The summed E-state index contributed by atoms with van der Waals surface area (Å²) in [6.45, 7) is 15.8. The van der Waals surface area contributed by atoms with Crippen LogP contribution in [0.25, 0.3) is 0 Å². The lowest BCUT2D eigenvalue weighted by atomic mass is 9.69. The van der Waals surface area contributed by atoms with Gasteiger partial charge in [-0.05, 0) is 147 Å².